The number of urea groups is 1. The minimum atomic E-state index is -2.67. The lowest BCUT2D eigenvalue weighted by molar-refractivity contribution is 0.0666. The summed E-state index contributed by atoms with van der Waals surface area (Å²) in [5, 5.41) is 3.32. The van der Waals surface area contributed by atoms with Gasteiger partial charge in [-0.25, -0.2) is 9.78 Å². The summed E-state index contributed by atoms with van der Waals surface area (Å²) in [6, 6.07) is 5.31. The Balaban J connectivity index is 1.61. The molecule has 1 N–H and O–H groups in total. The van der Waals surface area contributed by atoms with Gasteiger partial charge in [0.05, 0.1) is 6.54 Å². The molecule has 2 aromatic rings. The molecule has 0 bridgehead atoms. The number of hydrogen-bond donors (Lipinski definition) is 1. The van der Waals surface area contributed by atoms with Crippen LogP contribution in [0.4, 0.5) is 13.6 Å². The number of rotatable bonds is 3. The van der Waals surface area contributed by atoms with Crippen molar-refractivity contribution in [2.45, 2.75) is 26.1 Å². The number of carbonyl (C=O) groups excluding carboxylic acids is 1. The first kappa shape index (κ1) is 15.7. The number of carbonyl (C=O) groups is 1. The molecule has 122 valence electrons. The fourth-order valence-corrected chi connectivity index (χ4v) is 2.81. The summed E-state index contributed by atoms with van der Waals surface area (Å²) < 4.78 is 26.2. The zero-order valence-electron chi connectivity index (χ0n) is 12.2. The predicted octanol–water partition coefficient (Wildman–Crippen LogP) is 3.20. The van der Waals surface area contributed by atoms with Crippen LogP contribution in [-0.4, -0.2) is 27.0 Å². The van der Waals surface area contributed by atoms with Crippen LogP contribution in [0.15, 0.2) is 30.6 Å². The standard InChI is InChI=1S/C15H15ClF2N4O/c16-12-2-1-11-9-21(5-3-10(11)7-12)15(23)20-8-13-19-4-6-22(13)14(17)18/h1-2,4,6-7,14H,3,5,8-9H2,(H,20,23). The molecule has 1 aromatic carbocycles. The van der Waals surface area contributed by atoms with Crippen molar-refractivity contribution in [2.75, 3.05) is 6.54 Å². The highest BCUT2D eigenvalue weighted by atomic mass is 35.5. The molecule has 3 rings (SSSR count). The number of imidazole rings is 1. The fourth-order valence-electron chi connectivity index (χ4n) is 2.62. The number of benzene rings is 1. The van der Waals surface area contributed by atoms with Gasteiger partial charge in [-0.15, -0.1) is 0 Å². The molecular weight excluding hydrogens is 326 g/mol. The molecule has 0 saturated carbocycles. The average molecular weight is 341 g/mol. The van der Waals surface area contributed by atoms with Crippen molar-refractivity contribution in [2.24, 2.45) is 0 Å². The highest BCUT2D eigenvalue weighted by Gasteiger charge is 2.21. The van der Waals surface area contributed by atoms with Crippen LogP contribution in [0.1, 0.15) is 23.5 Å². The normalized spacial score (nSPS) is 14.0. The Bertz CT molecular complexity index is 719. The van der Waals surface area contributed by atoms with Crippen molar-refractivity contribution >= 4 is 17.6 Å². The molecule has 23 heavy (non-hydrogen) atoms. The molecule has 2 amide bonds. The Morgan fingerprint density at radius 3 is 3.00 bits per heavy atom. The summed E-state index contributed by atoms with van der Waals surface area (Å²) in [7, 11) is 0. The van der Waals surface area contributed by atoms with E-state index in [0.717, 1.165) is 22.1 Å². The summed E-state index contributed by atoms with van der Waals surface area (Å²) in [5.41, 5.74) is 2.18. The molecule has 1 aliphatic rings. The lowest BCUT2D eigenvalue weighted by Gasteiger charge is -2.29. The van der Waals surface area contributed by atoms with Crippen molar-refractivity contribution in [1.82, 2.24) is 19.8 Å². The monoisotopic (exact) mass is 340 g/mol. The minimum absolute atomic E-state index is 0.0415. The largest absolute Gasteiger partial charge is 0.331 e. The van der Waals surface area contributed by atoms with Gasteiger partial charge in [-0.05, 0) is 29.7 Å². The molecule has 1 aromatic heterocycles. The number of aromatic nitrogens is 2. The van der Waals surface area contributed by atoms with Gasteiger partial charge in [0, 0.05) is 30.5 Å². The number of alkyl halides is 2. The molecule has 0 unspecified atom stereocenters. The van der Waals surface area contributed by atoms with Crippen molar-refractivity contribution < 1.29 is 13.6 Å². The van der Waals surface area contributed by atoms with Crippen LogP contribution >= 0.6 is 11.6 Å². The fraction of sp³-hybridized carbons (Fsp3) is 0.333. The maximum Gasteiger partial charge on any atom is 0.319 e. The SMILES string of the molecule is O=C(NCc1nccn1C(F)F)N1CCc2cc(Cl)ccc2C1. The van der Waals surface area contributed by atoms with E-state index in [9.17, 15) is 13.6 Å². The first-order valence-corrected chi connectivity index (χ1v) is 7.52. The van der Waals surface area contributed by atoms with E-state index in [0.29, 0.717) is 18.1 Å². The lowest BCUT2D eigenvalue weighted by Crippen LogP contribution is -2.42. The molecule has 0 aliphatic carbocycles. The van der Waals surface area contributed by atoms with E-state index in [1.165, 1.54) is 12.4 Å². The first-order valence-electron chi connectivity index (χ1n) is 7.14. The van der Waals surface area contributed by atoms with Gasteiger partial charge in [0.1, 0.15) is 5.82 Å². The van der Waals surface area contributed by atoms with Gasteiger partial charge < -0.3 is 10.2 Å². The quantitative estimate of drug-likeness (QED) is 0.932. The average Bonchev–Trinajstić information content (AvgIpc) is 3.00. The van der Waals surface area contributed by atoms with E-state index in [1.54, 1.807) is 11.0 Å². The third kappa shape index (κ3) is 3.44. The Labute approximate surface area is 136 Å². The Hall–Kier alpha value is -2.15. The highest BCUT2D eigenvalue weighted by molar-refractivity contribution is 6.30. The number of fused-ring (bicyclic) bond motifs is 1. The number of hydrogen-bond acceptors (Lipinski definition) is 2. The van der Waals surface area contributed by atoms with Crippen molar-refractivity contribution in [1.29, 1.82) is 0 Å². The van der Waals surface area contributed by atoms with Crippen LogP contribution in [0.3, 0.4) is 0 Å². The predicted molar refractivity (Wildman–Crippen MR) is 81.3 cm³/mol. The summed E-state index contributed by atoms with van der Waals surface area (Å²) >= 11 is 5.96. The number of nitrogens with zero attached hydrogens (tertiary/aromatic N) is 3. The van der Waals surface area contributed by atoms with E-state index in [2.05, 4.69) is 10.3 Å². The second-order valence-corrected chi connectivity index (χ2v) is 5.71. The highest BCUT2D eigenvalue weighted by Crippen LogP contribution is 2.22. The van der Waals surface area contributed by atoms with Gasteiger partial charge in [-0.1, -0.05) is 17.7 Å². The van der Waals surface area contributed by atoms with Crippen LogP contribution in [0, 0.1) is 0 Å². The minimum Gasteiger partial charge on any atom is -0.331 e. The van der Waals surface area contributed by atoms with E-state index in [4.69, 9.17) is 11.6 Å². The molecule has 0 atom stereocenters. The summed E-state index contributed by atoms with van der Waals surface area (Å²) in [6.45, 7) is -1.68. The van der Waals surface area contributed by atoms with Crippen molar-refractivity contribution in [3.8, 4) is 0 Å². The van der Waals surface area contributed by atoms with Gasteiger partial charge in [0.2, 0.25) is 0 Å². The molecule has 0 radical (unpaired) electrons. The molecule has 1 aliphatic heterocycles. The smallest absolute Gasteiger partial charge is 0.319 e. The zero-order valence-corrected chi connectivity index (χ0v) is 12.9. The first-order chi connectivity index (χ1) is 11.0. The van der Waals surface area contributed by atoms with Crippen LogP contribution in [-0.2, 0) is 19.5 Å². The Morgan fingerprint density at radius 1 is 1.39 bits per heavy atom. The van der Waals surface area contributed by atoms with Gasteiger partial charge in [-0.3, -0.25) is 4.57 Å². The maximum absolute atomic E-state index is 12.7. The molecule has 0 fully saturated rings. The zero-order chi connectivity index (χ0) is 16.4. The van der Waals surface area contributed by atoms with E-state index < -0.39 is 6.55 Å². The third-order valence-corrected chi connectivity index (χ3v) is 4.06. The Kier molecular flexibility index (Phi) is 4.47. The van der Waals surface area contributed by atoms with Crippen LogP contribution in [0.25, 0.3) is 0 Å². The molecule has 8 heteroatoms. The molecular formula is C15H15ClF2N4O. The summed E-state index contributed by atoms with van der Waals surface area (Å²) in [5.74, 6) is 0.123. The third-order valence-electron chi connectivity index (χ3n) is 3.82. The molecule has 0 saturated heterocycles. The van der Waals surface area contributed by atoms with Crippen LogP contribution < -0.4 is 5.32 Å². The van der Waals surface area contributed by atoms with Crippen molar-refractivity contribution in [3.05, 3.63) is 52.6 Å². The maximum atomic E-state index is 12.7. The lowest BCUT2D eigenvalue weighted by atomic mass is 10.0. The van der Waals surface area contributed by atoms with Crippen molar-refractivity contribution in [3.63, 3.8) is 0 Å². The second-order valence-electron chi connectivity index (χ2n) is 5.27. The number of halogens is 3. The molecule has 0 spiro atoms. The van der Waals surface area contributed by atoms with Gasteiger partial charge in [0.15, 0.2) is 0 Å². The molecule has 5 nitrogen and oxygen atoms in total. The second kappa shape index (κ2) is 6.54. The van der Waals surface area contributed by atoms with Gasteiger partial charge >= 0.3 is 12.6 Å². The number of amides is 2. The van der Waals surface area contributed by atoms with Gasteiger partial charge in [0.25, 0.3) is 0 Å². The van der Waals surface area contributed by atoms with E-state index in [1.807, 2.05) is 12.1 Å². The molecule has 2 heterocycles. The topological polar surface area (TPSA) is 50.2 Å². The van der Waals surface area contributed by atoms with E-state index >= 15 is 0 Å². The summed E-state index contributed by atoms with van der Waals surface area (Å²) in [6.07, 6.45) is 3.19. The van der Waals surface area contributed by atoms with Crippen LogP contribution in [0.5, 0.6) is 0 Å². The van der Waals surface area contributed by atoms with E-state index in [-0.39, 0.29) is 18.4 Å². The van der Waals surface area contributed by atoms with Crippen LogP contribution in [0.2, 0.25) is 5.02 Å². The summed E-state index contributed by atoms with van der Waals surface area (Å²) in [4.78, 5) is 17.7. The number of nitrogens with one attached hydrogen (secondary N) is 1. The van der Waals surface area contributed by atoms with Gasteiger partial charge in [-0.2, -0.15) is 8.78 Å². The Morgan fingerprint density at radius 2 is 2.22 bits per heavy atom.